The lowest BCUT2D eigenvalue weighted by atomic mass is 9.95. The Hall–Kier alpha value is -1.34. The minimum Gasteiger partial charge on any atom is -0.481 e. The Morgan fingerprint density at radius 1 is 1.33 bits per heavy atom. The van der Waals surface area contributed by atoms with Crippen LogP contribution in [0.5, 0.6) is 0 Å². The second-order valence-electron chi connectivity index (χ2n) is 6.43. The van der Waals surface area contributed by atoms with Gasteiger partial charge in [-0.2, -0.15) is 0 Å². The number of carbonyl (C=O) groups excluding carboxylic acids is 1. The van der Waals surface area contributed by atoms with Crippen molar-refractivity contribution >= 4 is 12.0 Å². The maximum absolute atomic E-state index is 12.2. The number of ether oxygens (including phenoxy) is 2. The Bertz CT molecular complexity index is 404. The van der Waals surface area contributed by atoms with E-state index < -0.39 is 17.2 Å². The molecule has 1 atom stereocenters. The number of nitrogens with one attached hydrogen (secondary N) is 1. The molecule has 120 valence electrons. The molecule has 0 aromatic carbocycles. The van der Waals surface area contributed by atoms with Gasteiger partial charge in [0.2, 0.25) is 0 Å². The van der Waals surface area contributed by atoms with Gasteiger partial charge < -0.3 is 24.8 Å². The smallest absolute Gasteiger partial charge is 0.317 e. The highest BCUT2D eigenvalue weighted by Crippen LogP contribution is 2.34. The predicted octanol–water partition coefficient (Wildman–Crippen LogP) is 0.831. The van der Waals surface area contributed by atoms with Gasteiger partial charge in [0.05, 0.1) is 25.3 Å². The third-order valence-electron chi connectivity index (χ3n) is 3.74. The van der Waals surface area contributed by atoms with Crippen molar-refractivity contribution in [2.45, 2.75) is 44.3 Å². The van der Waals surface area contributed by atoms with Crippen molar-refractivity contribution in [2.75, 3.05) is 32.8 Å². The Kier molecular flexibility index (Phi) is 4.73. The van der Waals surface area contributed by atoms with E-state index >= 15 is 0 Å². The molecule has 0 aromatic rings. The number of carboxylic acids is 1. The van der Waals surface area contributed by atoms with E-state index in [2.05, 4.69) is 5.32 Å². The third kappa shape index (κ3) is 4.31. The SMILES string of the molecule is CC1(C)CN(C(=O)NCCCC(=O)O)CC2(CCOC2)O1. The zero-order chi connectivity index (χ0) is 15.5. The largest absolute Gasteiger partial charge is 0.481 e. The molecule has 21 heavy (non-hydrogen) atoms. The number of hydrogen-bond acceptors (Lipinski definition) is 4. The highest BCUT2D eigenvalue weighted by atomic mass is 16.6. The molecular formula is C14H24N2O5. The molecule has 2 rings (SSSR count). The van der Waals surface area contributed by atoms with Gasteiger partial charge in [-0.15, -0.1) is 0 Å². The van der Waals surface area contributed by atoms with Gasteiger partial charge in [-0.25, -0.2) is 4.79 Å². The van der Waals surface area contributed by atoms with Crippen molar-refractivity contribution < 1.29 is 24.2 Å². The standard InChI is InChI=1S/C14H24N2O5/c1-13(2)8-16(9-14(21-13)5-7-20-10-14)12(19)15-6-3-4-11(17)18/h3-10H2,1-2H3,(H,15,19)(H,17,18). The molecule has 0 radical (unpaired) electrons. The average molecular weight is 300 g/mol. The van der Waals surface area contributed by atoms with Gasteiger partial charge in [0, 0.05) is 26.0 Å². The van der Waals surface area contributed by atoms with E-state index in [1.807, 2.05) is 13.8 Å². The predicted molar refractivity (Wildman–Crippen MR) is 75.2 cm³/mol. The molecule has 0 aromatic heterocycles. The zero-order valence-corrected chi connectivity index (χ0v) is 12.7. The minimum atomic E-state index is -0.848. The monoisotopic (exact) mass is 300 g/mol. The van der Waals surface area contributed by atoms with Crippen LogP contribution in [-0.4, -0.2) is 66.1 Å². The number of rotatable bonds is 4. The summed E-state index contributed by atoms with van der Waals surface area (Å²) in [7, 11) is 0. The number of carbonyl (C=O) groups is 2. The fourth-order valence-corrected chi connectivity index (χ4v) is 3.00. The van der Waals surface area contributed by atoms with E-state index in [1.54, 1.807) is 4.90 Å². The van der Waals surface area contributed by atoms with Gasteiger partial charge in [-0.05, 0) is 20.3 Å². The number of urea groups is 1. The molecule has 0 aliphatic carbocycles. The Labute approximate surface area is 124 Å². The van der Waals surface area contributed by atoms with Crippen LogP contribution in [0.2, 0.25) is 0 Å². The highest BCUT2D eigenvalue weighted by molar-refractivity contribution is 5.74. The highest BCUT2D eigenvalue weighted by Gasteiger charge is 2.47. The first-order valence-corrected chi connectivity index (χ1v) is 7.34. The number of amides is 2. The van der Waals surface area contributed by atoms with Crippen molar-refractivity contribution in [3.63, 3.8) is 0 Å². The summed E-state index contributed by atoms with van der Waals surface area (Å²) < 4.78 is 11.6. The number of hydrogen-bond donors (Lipinski definition) is 2. The zero-order valence-electron chi connectivity index (χ0n) is 12.7. The normalized spacial score (nSPS) is 27.8. The van der Waals surface area contributed by atoms with E-state index in [0.29, 0.717) is 39.3 Å². The van der Waals surface area contributed by atoms with Crippen LogP contribution in [0.15, 0.2) is 0 Å². The van der Waals surface area contributed by atoms with E-state index in [0.717, 1.165) is 6.42 Å². The van der Waals surface area contributed by atoms with E-state index in [1.165, 1.54) is 0 Å². The summed E-state index contributed by atoms with van der Waals surface area (Å²) in [5, 5.41) is 11.4. The van der Waals surface area contributed by atoms with Crippen molar-refractivity contribution in [1.29, 1.82) is 0 Å². The molecule has 2 fully saturated rings. The van der Waals surface area contributed by atoms with Crippen LogP contribution in [0.25, 0.3) is 0 Å². The van der Waals surface area contributed by atoms with Gasteiger partial charge in [0.1, 0.15) is 5.60 Å². The molecule has 1 spiro atoms. The van der Waals surface area contributed by atoms with Crippen LogP contribution in [0, 0.1) is 0 Å². The summed E-state index contributed by atoms with van der Waals surface area (Å²) in [6.07, 6.45) is 1.29. The molecule has 0 bridgehead atoms. The second kappa shape index (κ2) is 6.19. The molecule has 2 amide bonds. The number of nitrogens with zero attached hydrogens (tertiary/aromatic N) is 1. The lowest BCUT2D eigenvalue weighted by Crippen LogP contribution is -2.62. The van der Waals surface area contributed by atoms with Gasteiger partial charge in [0.15, 0.2) is 0 Å². The van der Waals surface area contributed by atoms with Crippen molar-refractivity contribution in [3.8, 4) is 0 Å². The lowest BCUT2D eigenvalue weighted by molar-refractivity contribution is -0.185. The Balaban J connectivity index is 1.89. The van der Waals surface area contributed by atoms with Gasteiger partial charge in [-0.3, -0.25) is 4.79 Å². The van der Waals surface area contributed by atoms with Gasteiger partial charge >= 0.3 is 12.0 Å². The number of morpholine rings is 1. The lowest BCUT2D eigenvalue weighted by Gasteiger charge is -2.47. The van der Waals surface area contributed by atoms with Crippen molar-refractivity contribution in [1.82, 2.24) is 10.2 Å². The van der Waals surface area contributed by atoms with Crippen molar-refractivity contribution in [2.24, 2.45) is 0 Å². The van der Waals surface area contributed by atoms with Crippen LogP contribution < -0.4 is 5.32 Å². The first kappa shape index (κ1) is 16.0. The van der Waals surface area contributed by atoms with E-state index in [9.17, 15) is 9.59 Å². The first-order valence-electron chi connectivity index (χ1n) is 7.34. The maximum atomic E-state index is 12.2. The first-order chi connectivity index (χ1) is 9.82. The fraction of sp³-hybridized carbons (Fsp3) is 0.857. The summed E-state index contributed by atoms with van der Waals surface area (Å²) >= 11 is 0. The maximum Gasteiger partial charge on any atom is 0.317 e. The van der Waals surface area contributed by atoms with E-state index in [-0.39, 0.29) is 12.5 Å². The topological polar surface area (TPSA) is 88.1 Å². The summed E-state index contributed by atoms with van der Waals surface area (Å²) in [6.45, 7) is 6.50. The fourth-order valence-electron chi connectivity index (χ4n) is 3.00. The van der Waals surface area contributed by atoms with Crippen molar-refractivity contribution in [3.05, 3.63) is 0 Å². The Morgan fingerprint density at radius 3 is 2.71 bits per heavy atom. The van der Waals surface area contributed by atoms with E-state index in [4.69, 9.17) is 14.6 Å². The molecule has 2 saturated heterocycles. The molecule has 7 heteroatoms. The van der Waals surface area contributed by atoms with Crippen LogP contribution in [0.4, 0.5) is 4.79 Å². The molecule has 0 saturated carbocycles. The molecule has 2 aliphatic heterocycles. The van der Waals surface area contributed by atoms with Crippen LogP contribution in [0.1, 0.15) is 33.1 Å². The van der Waals surface area contributed by atoms with Crippen LogP contribution in [-0.2, 0) is 14.3 Å². The van der Waals surface area contributed by atoms with Gasteiger partial charge in [-0.1, -0.05) is 0 Å². The summed E-state index contributed by atoms with van der Waals surface area (Å²) in [5.41, 5.74) is -0.815. The molecular weight excluding hydrogens is 276 g/mol. The molecule has 2 aliphatic rings. The molecule has 2 heterocycles. The number of aliphatic carboxylic acids is 1. The van der Waals surface area contributed by atoms with Crippen LogP contribution in [0.3, 0.4) is 0 Å². The summed E-state index contributed by atoms with van der Waals surface area (Å²) in [6, 6.07) is -0.164. The summed E-state index contributed by atoms with van der Waals surface area (Å²) in [4.78, 5) is 24.4. The second-order valence-corrected chi connectivity index (χ2v) is 6.43. The minimum absolute atomic E-state index is 0.0622. The quantitative estimate of drug-likeness (QED) is 0.751. The Morgan fingerprint density at radius 2 is 2.10 bits per heavy atom. The summed E-state index contributed by atoms with van der Waals surface area (Å²) in [5.74, 6) is -0.848. The molecule has 7 nitrogen and oxygen atoms in total. The number of carboxylic acid groups (broad SMARTS) is 1. The molecule has 1 unspecified atom stereocenters. The van der Waals surface area contributed by atoms with Crippen LogP contribution >= 0.6 is 0 Å². The molecule has 2 N–H and O–H groups in total. The van der Waals surface area contributed by atoms with Gasteiger partial charge in [0.25, 0.3) is 0 Å². The average Bonchev–Trinajstić information content (AvgIpc) is 2.79. The third-order valence-corrected chi connectivity index (χ3v) is 3.74.